The second kappa shape index (κ2) is 12.4. The summed E-state index contributed by atoms with van der Waals surface area (Å²) >= 11 is 0. The van der Waals surface area contributed by atoms with Crippen LogP contribution in [0.3, 0.4) is 0 Å². The van der Waals surface area contributed by atoms with Crippen LogP contribution in [0.5, 0.6) is 0 Å². The number of carbonyl (C=O) groups is 1. The van der Waals surface area contributed by atoms with E-state index in [4.69, 9.17) is 10.4 Å². The standard InChI is InChI=1S/C27H33F3N6O2/c28-27(29,30)26-33-23(35-14-10-19(11-15-35)3-2-16-37)17-24(34-26)36-13-1-4-22(36)25(38)32-12-9-20-5-7-21(18-31)8-6-20/h5-8,17,19,22,37H,1-4,9-16H2,(H,32,38). The number of alkyl halides is 3. The highest BCUT2D eigenvalue weighted by Gasteiger charge is 2.38. The molecule has 2 N–H and O–H groups in total. The first kappa shape index (κ1) is 27.6. The Labute approximate surface area is 220 Å². The van der Waals surface area contributed by atoms with Crippen molar-refractivity contribution in [2.24, 2.45) is 5.92 Å². The average Bonchev–Trinajstić information content (AvgIpc) is 3.42. The Balaban J connectivity index is 1.45. The van der Waals surface area contributed by atoms with Crippen molar-refractivity contribution < 1.29 is 23.1 Å². The first-order valence-corrected chi connectivity index (χ1v) is 13.1. The van der Waals surface area contributed by atoms with Gasteiger partial charge in [0.1, 0.15) is 17.7 Å². The maximum Gasteiger partial charge on any atom is 0.451 e. The lowest BCUT2D eigenvalue weighted by Crippen LogP contribution is -2.44. The van der Waals surface area contributed by atoms with E-state index in [0.29, 0.717) is 56.9 Å². The fourth-order valence-electron chi connectivity index (χ4n) is 5.20. The zero-order chi connectivity index (χ0) is 27.1. The third kappa shape index (κ3) is 6.92. The fraction of sp³-hybridized carbons (Fsp3) is 0.556. The molecule has 0 spiro atoms. The van der Waals surface area contributed by atoms with Gasteiger partial charge in [0.05, 0.1) is 11.6 Å². The molecular formula is C27H33F3N6O2. The highest BCUT2D eigenvalue weighted by atomic mass is 19.4. The Kier molecular flexibility index (Phi) is 9.05. The van der Waals surface area contributed by atoms with E-state index in [9.17, 15) is 18.0 Å². The minimum Gasteiger partial charge on any atom is -0.396 e. The van der Waals surface area contributed by atoms with Crippen LogP contribution in [0.2, 0.25) is 0 Å². The zero-order valence-corrected chi connectivity index (χ0v) is 21.3. The number of hydrogen-bond donors (Lipinski definition) is 2. The fourth-order valence-corrected chi connectivity index (χ4v) is 5.20. The minimum absolute atomic E-state index is 0.120. The molecule has 1 aromatic heterocycles. The molecule has 1 aromatic carbocycles. The first-order valence-electron chi connectivity index (χ1n) is 13.1. The smallest absolute Gasteiger partial charge is 0.396 e. The third-order valence-corrected chi connectivity index (χ3v) is 7.31. The maximum atomic E-state index is 13.8. The monoisotopic (exact) mass is 530 g/mol. The largest absolute Gasteiger partial charge is 0.451 e. The van der Waals surface area contributed by atoms with E-state index in [-0.39, 0.29) is 24.1 Å². The van der Waals surface area contributed by atoms with E-state index in [1.807, 2.05) is 17.0 Å². The summed E-state index contributed by atoms with van der Waals surface area (Å²) in [7, 11) is 0. The number of halogens is 3. The number of aliphatic hydroxyl groups is 1. The van der Waals surface area contributed by atoms with Crippen LogP contribution >= 0.6 is 0 Å². The molecule has 1 atom stereocenters. The molecule has 2 fully saturated rings. The molecule has 0 bridgehead atoms. The number of hydrogen-bond acceptors (Lipinski definition) is 7. The second-order valence-electron chi connectivity index (χ2n) is 9.90. The zero-order valence-electron chi connectivity index (χ0n) is 21.3. The van der Waals surface area contributed by atoms with Crippen LogP contribution in [0.25, 0.3) is 0 Å². The molecule has 0 radical (unpaired) electrons. The topological polar surface area (TPSA) is 105 Å². The molecule has 2 aliphatic rings. The molecule has 1 unspecified atom stereocenters. The summed E-state index contributed by atoms with van der Waals surface area (Å²) in [5, 5.41) is 20.9. The van der Waals surface area contributed by atoms with Gasteiger partial charge in [-0.2, -0.15) is 18.4 Å². The molecular weight excluding hydrogens is 497 g/mol. The Morgan fingerprint density at radius 2 is 1.82 bits per heavy atom. The van der Waals surface area contributed by atoms with Crippen LogP contribution < -0.4 is 15.1 Å². The average molecular weight is 531 g/mol. The molecule has 3 heterocycles. The molecule has 4 rings (SSSR count). The Morgan fingerprint density at radius 3 is 2.47 bits per heavy atom. The summed E-state index contributed by atoms with van der Waals surface area (Å²) in [5.41, 5.74) is 1.54. The van der Waals surface area contributed by atoms with Gasteiger partial charge in [-0.05, 0) is 68.6 Å². The van der Waals surface area contributed by atoms with Crippen LogP contribution in [0.1, 0.15) is 55.5 Å². The number of rotatable bonds is 9. The van der Waals surface area contributed by atoms with E-state index in [1.54, 1.807) is 23.1 Å². The number of nitriles is 1. The van der Waals surface area contributed by atoms with Gasteiger partial charge in [-0.25, -0.2) is 9.97 Å². The van der Waals surface area contributed by atoms with Crippen LogP contribution in [-0.2, 0) is 17.4 Å². The summed E-state index contributed by atoms with van der Waals surface area (Å²) < 4.78 is 41.3. The first-order chi connectivity index (χ1) is 18.3. The van der Waals surface area contributed by atoms with Gasteiger partial charge in [-0.15, -0.1) is 0 Å². The highest BCUT2D eigenvalue weighted by Crippen LogP contribution is 2.34. The number of nitrogens with one attached hydrogen (secondary N) is 1. The molecule has 8 nitrogen and oxygen atoms in total. The van der Waals surface area contributed by atoms with Gasteiger partial charge >= 0.3 is 6.18 Å². The van der Waals surface area contributed by atoms with Crippen LogP contribution in [0.4, 0.5) is 24.8 Å². The number of aliphatic hydroxyl groups excluding tert-OH is 1. The van der Waals surface area contributed by atoms with Crippen molar-refractivity contribution in [3.8, 4) is 6.07 Å². The van der Waals surface area contributed by atoms with Crippen molar-refractivity contribution in [1.29, 1.82) is 5.26 Å². The lowest BCUT2D eigenvalue weighted by atomic mass is 9.92. The number of anilines is 2. The molecule has 38 heavy (non-hydrogen) atoms. The van der Waals surface area contributed by atoms with Gasteiger partial charge in [-0.3, -0.25) is 4.79 Å². The summed E-state index contributed by atoms with van der Waals surface area (Å²) in [5.74, 6) is -0.643. The van der Waals surface area contributed by atoms with Crippen molar-refractivity contribution in [3.63, 3.8) is 0 Å². The second-order valence-corrected chi connectivity index (χ2v) is 9.90. The summed E-state index contributed by atoms with van der Waals surface area (Å²) in [6.45, 7) is 2.13. The Morgan fingerprint density at radius 1 is 1.11 bits per heavy atom. The van der Waals surface area contributed by atoms with Gasteiger partial charge in [0, 0.05) is 38.9 Å². The molecule has 0 aliphatic carbocycles. The van der Waals surface area contributed by atoms with Crippen LogP contribution in [0, 0.1) is 17.2 Å². The molecule has 204 valence electrons. The van der Waals surface area contributed by atoms with Crippen molar-refractivity contribution >= 4 is 17.5 Å². The summed E-state index contributed by atoms with van der Waals surface area (Å²) in [6, 6.07) is 10.1. The summed E-state index contributed by atoms with van der Waals surface area (Å²) in [4.78, 5) is 24.2. The summed E-state index contributed by atoms with van der Waals surface area (Å²) in [6.07, 6.45) is 0.361. The third-order valence-electron chi connectivity index (χ3n) is 7.31. The number of piperidine rings is 1. The van der Waals surface area contributed by atoms with Gasteiger partial charge in [0.2, 0.25) is 11.7 Å². The molecule has 11 heteroatoms. The van der Waals surface area contributed by atoms with Crippen molar-refractivity contribution in [3.05, 3.63) is 47.3 Å². The van der Waals surface area contributed by atoms with Crippen molar-refractivity contribution in [2.45, 2.75) is 57.2 Å². The molecule has 2 aromatic rings. The molecule has 0 saturated carbocycles. The van der Waals surface area contributed by atoms with Crippen molar-refractivity contribution in [1.82, 2.24) is 15.3 Å². The SMILES string of the molecule is N#Cc1ccc(CCNC(=O)C2CCCN2c2cc(N3CCC(CCCO)CC3)nc(C(F)(F)F)n2)cc1. The van der Waals surface area contributed by atoms with E-state index < -0.39 is 18.0 Å². The minimum atomic E-state index is -4.71. The molecule has 2 saturated heterocycles. The van der Waals surface area contributed by atoms with E-state index >= 15 is 0 Å². The predicted molar refractivity (Wildman–Crippen MR) is 137 cm³/mol. The normalized spacial score (nSPS) is 18.4. The quantitative estimate of drug-likeness (QED) is 0.510. The predicted octanol–water partition coefficient (Wildman–Crippen LogP) is 3.68. The molecule has 2 aliphatic heterocycles. The number of benzene rings is 1. The van der Waals surface area contributed by atoms with Gasteiger partial charge in [0.25, 0.3) is 0 Å². The van der Waals surface area contributed by atoms with Crippen molar-refractivity contribution in [2.75, 3.05) is 42.6 Å². The van der Waals surface area contributed by atoms with E-state index in [2.05, 4.69) is 21.4 Å². The van der Waals surface area contributed by atoms with Crippen LogP contribution in [0.15, 0.2) is 30.3 Å². The van der Waals surface area contributed by atoms with Gasteiger partial charge in [0.15, 0.2) is 0 Å². The lowest BCUT2D eigenvalue weighted by molar-refractivity contribution is -0.144. The number of carbonyl (C=O) groups excluding carboxylic acids is 1. The van der Waals surface area contributed by atoms with Gasteiger partial charge in [-0.1, -0.05) is 12.1 Å². The Bertz CT molecular complexity index is 1130. The van der Waals surface area contributed by atoms with E-state index in [1.165, 1.54) is 0 Å². The molecule has 1 amide bonds. The highest BCUT2D eigenvalue weighted by molar-refractivity contribution is 5.85. The van der Waals surface area contributed by atoms with E-state index in [0.717, 1.165) is 31.2 Å². The van der Waals surface area contributed by atoms with Gasteiger partial charge < -0.3 is 20.2 Å². The maximum absolute atomic E-state index is 13.8. The lowest BCUT2D eigenvalue weighted by Gasteiger charge is -2.34. The number of nitrogens with zero attached hydrogens (tertiary/aromatic N) is 5. The van der Waals surface area contributed by atoms with Crippen LogP contribution in [-0.4, -0.2) is 59.8 Å². The Hall–Kier alpha value is -3.39. The number of aromatic nitrogens is 2. The number of amides is 1.